The summed E-state index contributed by atoms with van der Waals surface area (Å²) in [7, 11) is 1.37. The molecule has 138 valence electrons. The van der Waals surface area contributed by atoms with E-state index >= 15 is 0 Å². The molecule has 0 bridgehead atoms. The highest BCUT2D eigenvalue weighted by atomic mass is 32.1. The summed E-state index contributed by atoms with van der Waals surface area (Å²) in [5.41, 5.74) is 1.52. The quantitative estimate of drug-likeness (QED) is 0.619. The molecule has 0 fully saturated rings. The van der Waals surface area contributed by atoms with E-state index in [0.717, 1.165) is 34.8 Å². The molecule has 1 N–H and O–H groups in total. The minimum absolute atomic E-state index is 0.247. The van der Waals surface area contributed by atoms with Gasteiger partial charge < -0.3 is 10.1 Å². The summed E-state index contributed by atoms with van der Waals surface area (Å²) in [5, 5.41) is 5.40. The molecule has 26 heavy (non-hydrogen) atoms. The van der Waals surface area contributed by atoms with Gasteiger partial charge in [-0.3, -0.25) is 9.69 Å². The number of methoxy groups -OCH3 is 1. The molecule has 5 nitrogen and oxygen atoms in total. The summed E-state index contributed by atoms with van der Waals surface area (Å²) in [5.74, 6) is -0.638. The number of carbonyl (C=O) groups excluding carboxylic acids is 2. The molecule has 3 heterocycles. The van der Waals surface area contributed by atoms with Crippen molar-refractivity contribution in [3.8, 4) is 0 Å². The predicted octanol–water partition coefficient (Wildman–Crippen LogP) is 4.01. The van der Waals surface area contributed by atoms with Crippen LogP contribution >= 0.6 is 22.7 Å². The van der Waals surface area contributed by atoms with Crippen LogP contribution in [0.15, 0.2) is 23.6 Å². The number of amides is 1. The number of nitrogens with one attached hydrogen (secondary N) is 1. The van der Waals surface area contributed by atoms with Crippen LogP contribution in [0, 0.1) is 0 Å². The molecule has 1 amide bonds. The monoisotopic (exact) mass is 390 g/mol. The predicted molar refractivity (Wildman–Crippen MR) is 107 cm³/mol. The molecule has 0 atom stereocenters. The van der Waals surface area contributed by atoms with Gasteiger partial charge in [0.1, 0.15) is 5.00 Å². The van der Waals surface area contributed by atoms with Gasteiger partial charge in [0.15, 0.2) is 0 Å². The van der Waals surface area contributed by atoms with Crippen LogP contribution in [0.25, 0.3) is 6.08 Å². The fraction of sp³-hybridized carbons (Fsp3) is 0.368. The Morgan fingerprint density at radius 2 is 2.19 bits per heavy atom. The second-order valence-corrected chi connectivity index (χ2v) is 8.44. The first-order valence-corrected chi connectivity index (χ1v) is 10.2. The first-order chi connectivity index (χ1) is 12.5. The maximum atomic E-state index is 12.3. The second-order valence-electron chi connectivity index (χ2n) is 6.35. The molecule has 2 aromatic rings. The lowest BCUT2D eigenvalue weighted by Crippen LogP contribution is -2.35. The van der Waals surface area contributed by atoms with Crippen LogP contribution in [0.3, 0.4) is 0 Å². The van der Waals surface area contributed by atoms with Crippen molar-refractivity contribution in [1.29, 1.82) is 0 Å². The Morgan fingerprint density at radius 1 is 1.38 bits per heavy atom. The third-order valence-electron chi connectivity index (χ3n) is 4.39. The molecule has 3 rings (SSSR count). The van der Waals surface area contributed by atoms with E-state index in [-0.39, 0.29) is 5.91 Å². The van der Waals surface area contributed by atoms with Gasteiger partial charge in [-0.25, -0.2) is 4.79 Å². The summed E-state index contributed by atoms with van der Waals surface area (Å²) >= 11 is 3.04. The smallest absolute Gasteiger partial charge is 0.341 e. The van der Waals surface area contributed by atoms with Gasteiger partial charge in [-0.1, -0.05) is 6.07 Å². The number of ether oxygens (including phenoxy) is 1. The SMILES string of the molecule is COC(=O)c1c(NC(=O)/C=C/c2cccs2)sc2c1CCN(C(C)C)C2. The van der Waals surface area contributed by atoms with Gasteiger partial charge in [-0.15, -0.1) is 22.7 Å². The van der Waals surface area contributed by atoms with Crippen molar-refractivity contribution in [1.82, 2.24) is 4.90 Å². The number of fused-ring (bicyclic) bond motifs is 1. The van der Waals surface area contributed by atoms with Crippen LogP contribution in [0.1, 0.15) is 39.5 Å². The molecule has 0 radical (unpaired) electrons. The van der Waals surface area contributed by atoms with Crippen molar-refractivity contribution in [2.75, 3.05) is 19.0 Å². The van der Waals surface area contributed by atoms with Crippen molar-refractivity contribution < 1.29 is 14.3 Å². The van der Waals surface area contributed by atoms with Crippen LogP contribution in [0.2, 0.25) is 0 Å². The molecule has 1 aliphatic heterocycles. The maximum Gasteiger partial charge on any atom is 0.341 e. The summed E-state index contributed by atoms with van der Waals surface area (Å²) < 4.78 is 4.96. The average molecular weight is 391 g/mol. The topological polar surface area (TPSA) is 58.6 Å². The van der Waals surface area contributed by atoms with Gasteiger partial charge in [0.05, 0.1) is 12.7 Å². The number of rotatable bonds is 5. The fourth-order valence-corrected chi connectivity index (χ4v) is 4.85. The summed E-state index contributed by atoms with van der Waals surface area (Å²) in [6, 6.07) is 4.32. The second kappa shape index (κ2) is 8.16. The zero-order valence-corrected chi connectivity index (χ0v) is 16.7. The van der Waals surface area contributed by atoms with Crippen LogP contribution in [0.5, 0.6) is 0 Å². The first kappa shape index (κ1) is 18.8. The van der Waals surface area contributed by atoms with E-state index in [1.807, 2.05) is 17.5 Å². The molecule has 0 saturated heterocycles. The number of nitrogens with zero attached hydrogens (tertiary/aromatic N) is 1. The molecule has 0 unspecified atom stereocenters. The van der Waals surface area contributed by atoms with Crippen molar-refractivity contribution in [3.05, 3.63) is 44.5 Å². The molecule has 7 heteroatoms. The number of esters is 1. The lowest BCUT2D eigenvalue weighted by Gasteiger charge is -2.30. The number of thiophene rings is 2. The molecule has 0 spiro atoms. The lowest BCUT2D eigenvalue weighted by molar-refractivity contribution is -0.111. The summed E-state index contributed by atoms with van der Waals surface area (Å²) in [4.78, 5) is 29.1. The number of hydrogen-bond donors (Lipinski definition) is 1. The van der Waals surface area contributed by atoms with Crippen LogP contribution in [0.4, 0.5) is 5.00 Å². The largest absolute Gasteiger partial charge is 0.465 e. The van der Waals surface area contributed by atoms with Crippen LogP contribution in [-0.4, -0.2) is 36.5 Å². The Labute approximate surface area is 161 Å². The number of carbonyl (C=O) groups is 2. The van der Waals surface area contributed by atoms with Gasteiger partial charge in [0.25, 0.3) is 0 Å². The Morgan fingerprint density at radius 3 is 2.85 bits per heavy atom. The van der Waals surface area contributed by atoms with Crippen molar-refractivity contribution in [3.63, 3.8) is 0 Å². The maximum absolute atomic E-state index is 12.3. The highest BCUT2D eigenvalue weighted by molar-refractivity contribution is 7.17. The van der Waals surface area contributed by atoms with E-state index in [1.165, 1.54) is 24.5 Å². The van der Waals surface area contributed by atoms with Crippen LogP contribution < -0.4 is 5.32 Å². The van der Waals surface area contributed by atoms with Gasteiger partial charge in [0.2, 0.25) is 5.91 Å². The molecule has 0 aromatic carbocycles. The fourth-order valence-electron chi connectivity index (χ4n) is 2.97. The Hall–Kier alpha value is -1.96. The van der Waals surface area contributed by atoms with E-state index in [2.05, 4.69) is 24.1 Å². The minimum atomic E-state index is -0.391. The molecular formula is C19H22N2O3S2. The zero-order valence-electron chi connectivity index (χ0n) is 15.1. The first-order valence-electron chi connectivity index (χ1n) is 8.49. The van der Waals surface area contributed by atoms with E-state index in [4.69, 9.17) is 4.74 Å². The summed E-state index contributed by atoms with van der Waals surface area (Å²) in [6.45, 7) is 6.02. The standard InChI is InChI=1S/C19H22N2O3S2/c1-12(2)21-9-8-14-15(11-21)26-18(17(14)19(23)24-3)20-16(22)7-6-13-5-4-10-25-13/h4-7,10,12H,8-9,11H2,1-3H3,(H,20,22)/b7-6+. The molecule has 1 aliphatic rings. The number of hydrogen-bond acceptors (Lipinski definition) is 6. The van der Waals surface area contributed by atoms with Crippen molar-refractivity contribution in [2.24, 2.45) is 0 Å². The highest BCUT2D eigenvalue weighted by Crippen LogP contribution is 2.38. The van der Waals surface area contributed by atoms with E-state index in [1.54, 1.807) is 17.4 Å². The van der Waals surface area contributed by atoms with E-state index < -0.39 is 5.97 Å². The highest BCUT2D eigenvalue weighted by Gasteiger charge is 2.29. The Kier molecular flexibility index (Phi) is 5.90. The summed E-state index contributed by atoms with van der Waals surface area (Å²) in [6.07, 6.45) is 4.05. The molecule has 0 aliphatic carbocycles. The molecular weight excluding hydrogens is 368 g/mol. The van der Waals surface area contributed by atoms with Gasteiger partial charge in [-0.2, -0.15) is 0 Å². The van der Waals surface area contributed by atoms with E-state index in [9.17, 15) is 9.59 Å². The Balaban J connectivity index is 1.84. The molecule has 0 saturated carbocycles. The van der Waals surface area contributed by atoms with Crippen molar-refractivity contribution >= 4 is 45.6 Å². The number of anilines is 1. The van der Waals surface area contributed by atoms with Gasteiger partial charge >= 0.3 is 5.97 Å². The minimum Gasteiger partial charge on any atom is -0.465 e. The zero-order chi connectivity index (χ0) is 18.7. The third-order valence-corrected chi connectivity index (χ3v) is 6.35. The average Bonchev–Trinajstić information content (AvgIpc) is 3.25. The normalized spacial score (nSPS) is 14.6. The molecule has 2 aromatic heterocycles. The lowest BCUT2D eigenvalue weighted by atomic mass is 10.0. The van der Waals surface area contributed by atoms with Crippen LogP contribution in [-0.2, 0) is 22.5 Å². The van der Waals surface area contributed by atoms with Gasteiger partial charge in [0, 0.05) is 35.0 Å². The van der Waals surface area contributed by atoms with E-state index in [0.29, 0.717) is 16.6 Å². The Bertz CT molecular complexity index is 822. The van der Waals surface area contributed by atoms with Gasteiger partial charge in [-0.05, 0) is 43.4 Å². The third kappa shape index (κ3) is 4.06. The van der Waals surface area contributed by atoms with Crippen molar-refractivity contribution in [2.45, 2.75) is 32.9 Å².